The lowest BCUT2D eigenvalue weighted by Gasteiger charge is -2.08. The molecule has 1 nitrogen and oxygen atoms in total. The highest BCUT2D eigenvalue weighted by atomic mass is 32.1. The molecule has 0 heterocycles. The SMILES string of the molecule is CCCCc1ccc(O)c(C)c1S. The third kappa shape index (κ3) is 2.41. The van der Waals surface area contributed by atoms with Crippen molar-refractivity contribution in [3.63, 3.8) is 0 Å². The molecule has 0 saturated carbocycles. The van der Waals surface area contributed by atoms with Gasteiger partial charge < -0.3 is 5.11 Å². The van der Waals surface area contributed by atoms with Gasteiger partial charge in [-0.3, -0.25) is 0 Å². The summed E-state index contributed by atoms with van der Waals surface area (Å²) in [5.41, 5.74) is 2.12. The Morgan fingerprint density at radius 1 is 1.38 bits per heavy atom. The second kappa shape index (κ2) is 4.56. The first-order chi connectivity index (χ1) is 6.16. The first kappa shape index (κ1) is 10.5. The van der Waals surface area contributed by atoms with Gasteiger partial charge in [0.2, 0.25) is 0 Å². The molecule has 0 amide bonds. The lowest BCUT2D eigenvalue weighted by atomic mass is 10.1. The molecule has 13 heavy (non-hydrogen) atoms. The normalized spacial score (nSPS) is 10.4. The summed E-state index contributed by atoms with van der Waals surface area (Å²) in [6, 6.07) is 3.71. The van der Waals surface area contributed by atoms with Gasteiger partial charge in [-0.25, -0.2) is 0 Å². The molecule has 0 atom stereocenters. The molecular weight excluding hydrogens is 180 g/mol. The molecule has 0 aliphatic carbocycles. The van der Waals surface area contributed by atoms with Gasteiger partial charge in [-0.1, -0.05) is 19.4 Å². The monoisotopic (exact) mass is 196 g/mol. The molecule has 72 valence electrons. The minimum Gasteiger partial charge on any atom is -0.508 e. The molecule has 0 bridgehead atoms. The number of aromatic hydroxyl groups is 1. The summed E-state index contributed by atoms with van der Waals surface area (Å²) in [5, 5.41) is 9.40. The number of benzene rings is 1. The summed E-state index contributed by atoms with van der Waals surface area (Å²) in [5.74, 6) is 0.338. The molecular formula is C11H16OS. The van der Waals surface area contributed by atoms with Gasteiger partial charge in [0.25, 0.3) is 0 Å². The number of unbranched alkanes of at least 4 members (excludes halogenated alkanes) is 1. The molecule has 2 heteroatoms. The van der Waals surface area contributed by atoms with E-state index >= 15 is 0 Å². The average Bonchev–Trinajstić information content (AvgIpc) is 2.13. The number of hydrogen-bond donors (Lipinski definition) is 2. The van der Waals surface area contributed by atoms with Crippen LogP contribution < -0.4 is 0 Å². The van der Waals surface area contributed by atoms with Gasteiger partial charge in [0.05, 0.1) is 0 Å². The highest BCUT2D eigenvalue weighted by Crippen LogP contribution is 2.27. The van der Waals surface area contributed by atoms with E-state index in [-0.39, 0.29) is 0 Å². The molecule has 1 N–H and O–H groups in total. The van der Waals surface area contributed by atoms with Gasteiger partial charge in [-0.05, 0) is 31.4 Å². The topological polar surface area (TPSA) is 20.2 Å². The Morgan fingerprint density at radius 3 is 2.69 bits per heavy atom. The lowest BCUT2D eigenvalue weighted by molar-refractivity contribution is 0.468. The van der Waals surface area contributed by atoms with E-state index in [0.29, 0.717) is 5.75 Å². The van der Waals surface area contributed by atoms with E-state index in [1.165, 1.54) is 18.4 Å². The van der Waals surface area contributed by atoms with Crippen LogP contribution in [0.25, 0.3) is 0 Å². The van der Waals surface area contributed by atoms with Crippen LogP contribution in [0.1, 0.15) is 30.9 Å². The highest BCUT2D eigenvalue weighted by Gasteiger charge is 2.04. The van der Waals surface area contributed by atoms with Gasteiger partial charge in [0, 0.05) is 10.5 Å². The quantitative estimate of drug-likeness (QED) is 0.710. The first-order valence-corrected chi connectivity index (χ1v) is 5.12. The molecule has 0 aromatic heterocycles. The van der Waals surface area contributed by atoms with Crippen molar-refractivity contribution in [2.45, 2.75) is 38.0 Å². The molecule has 0 spiro atoms. The van der Waals surface area contributed by atoms with Crippen LogP contribution in [0.5, 0.6) is 5.75 Å². The van der Waals surface area contributed by atoms with E-state index in [1.807, 2.05) is 13.0 Å². The van der Waals surface area contributed by atoms with Crippen molar-refractivity contribution in [2.24, 2.45) is 0 Å². The van der Waals surface area contributed by atoms with Crippen LogP contribution in [-0.4, -0.2) is 5.11 Å². The summed E-state index contributed by atoms with van der Waals surface area (Å²) in [6.07, 6.45) is 3.42. The van der Waals surface area contributed by atoms with Crippen LogP contribution in [0, 0.1) is 6.92 Å². The summed E-state index contributed by atoms with van der Waals surface area (Å²) < 4.78 is 0. The Balaban J connectivity index is 2.90. The molecule has 0 radical (unpaired) electrons. The summed E-state index contributed by atoms with van der Waals surface area (Å²) in [7, 11) is 0. The number of aryl methyl sites for hydroxylation is 1. The third-order valence-electron chi connectivity index (χ3n) is 2.29. The van der Waals surface area contributed by atoms with Gasteiger partial charge in [0.1, 0.15) is 5.75 Å². The second-order valence-electron chi connectivity index (χ2n) is 3.32. The molecule has 1 aromatic rings. The van der Waals surface area contributed by atoms with Gasteiger partial charge >= 0.3 is 0 Å². The summed E-state index contributed by atoms with van der Waals surface area (Å²) in [4.78, 5) is 0.938. The van der Waals surface area contributed by atoms with E-state index in [4.69, 9.17) is 0 Å². The van der Waals surface area contributed by atoms with Crippen molar-refractivity contribution in [3.8, 4) is 5.75 Å². The maximum absolute atomic E-state index is 9.40. The molecule has 1 aromatic carbocycles. The van der Waals surface area contributed by atoms with Crippen LogP contribution in [0.4, 0.5) is 0 Å². The zero-order valence-corrected chi connectivity index (χ0v) is 9.06. The number of phenolic OH excluding ortho intramolecular Hbond substituents is 1. The molecule has 0 fully saturated rings. The Hall–Kier alpha value is -0.630. The minimum absolute atomic E-state index is 0.338. The third-order valence-corrected chi connectivity index (χ3v) is 2.91. The summed E-state index contributed by atoms with van der Waals surface area (Å²) >= 11 is 4.39. The first-order valence-electron chi connectivity index (χ1n) is 4.67. The van der Waals surface area contributed by atoms with Gasteiger partial charge in [0.15, 0.2) is 0 Å². The van der Waals surface area contributed by atoms with Crippen LogP contribution in [-0.2, 0) is 6.42 Å². The number of rotatable bonds is 3. The maximum atomic E-state index is 9.40. The fourth-order valence-electron chi connectivity index (χ4n) is 1.31. The van der Waals surface area contributed by atoms with Crippen LogP contribution in [0.3, 0.4) is 0 Å². The Labute approximate surface area is 85.2 Å². The van der Waals surface area contributed by atoms with E-state index in [0.717, 1.165) is 16.9 Å². The number of hydrogen-bond acceptors (Lipinski definition) is 2. The Morgan fingerprint density at radius 2 is 2.08 bits per heavy atom. The number of phenols is 1. The fourth-order valence-corrected chi connectivity index (χ4v) is 1.62. The van der Waals surface area contributed by atoms with E-state index in [2.05, 4.69) is 19.6 Å². The molecule has 0 aliphatic rings. The number of thiol groups is 1. The van der Waals surface area contributed by atoms with Gasteiger partial charge in [-0.15, -0.1) is 12.6 Å². The van der Waals surface area contributed by atoms with Crippen molar-refractivity contribution in [3.05, 3.63) is 23.3 Å². The van der Waals surface area contributed by atoms with Gasteiger partial charge in [-0.2, -0.15) is 0 Å². The zero-order valence-electron chi connectivity index (χ0n) is 8.17. The second-order valence-corrected chi connectivity index (χ2v) is 3.77. The Kier molecular flexibility index (Phi) is 3.67. The van der Waals surface area contributed by atoms with Crippen molar-refractivity contribution >= 4 is 12.6 Å². The zero-order chi connectivity index (χ0) is 9.84. The standard InChI is InChI=1S/C11H16OS/c1-3-4-5-9-6-7-10(12)8(2)11(9)13/h6-7,12-13H,3-5H2,1-2H3. The molecule has 0 aliphatic heterocycles. The lowest BCUT2D eigenvalue weighted by Crippen LogP contribution is -1.89. The molecule has 1 rings (SSSR count). The van der Waals surface area contributed by atoms with Crippen LogP contribution >= 0.6 is 12.6 Å². The van der Waals surface area contributed by atoms with E-state index in [1.54, 1.807) is 6.07 Å². The van der Waals surface area contributed by atoms with Crippen molar-refractivity contribution in [1.82, 2.24) is 0 Å². The molecule has 0 unspecified atom stereocenters. The average molecular weight is 196 g/mol. The van der Waals surface area contributed by atoms with Crippen molar-refractivity contribution in [2.75, 3.05) is 0 Å². The molecule has 0 saturated heterocycles. The smallest absolute Gasteiger partial charge is 0.119 e. The van der Waals surface area contributed by atoms with Crippen LogP contribution in [0.2, 0.25) is 0 Å². The largest absolute Gasteiger partial charge is 0.508 e. The predicted molar refractivity (Wildman–Crippen MR) is 58.7 cm³/mol. The fraction of sp³-hybridized carbons (Fsp3) is 0.455. The highest BCUT2D eigenvalue weighted by molar-refractivity contribution is 7.80. The summed E-state index contributed by atoms with van der Waals surface area (Å²) in [6.45, 7) is 4.07. The van der Waals surface area contributed by atoms with Crippen molar-refractivity contribution in [1.29, 1.82) is 0 Å². The van der Waals surface area contributed by atoms with E-state index in [9.17, 15) is 5.11 Å². The maximum Gasteiger partial charge on any atom is 0.119 e. The van der Waals surface area contributed by atoms with Crippen molar-refractivity contribution < 1.29 is 5.11 Å². The minimum atomic E-state index is 0.338. The Bertz CT molecular complexity index is 294. The van der Waals surface area contributed by atoms with E-state index < -0.39 is 0 Å². The predicted octanol–water partition coefficient (Wildman–Crippen LogP) is 3.33. The van der Waals surface area contributed by atoms with Crippen LogP contribution in [0.15, 0.2) is 17.0 Å².